The molecule has 0 amide bonds. The lowest BCUT2D eigenvalue weighted by Gasteiger charge is -2.24. The van der Waals surface area contributed by atoms with Crippen LogP contribution in [0, 0.1) is 0 Å². The number of carbonyl (C=O) groups excluding carboxylic acids is 2. The number of ether oxygens (including phenoxy) is 2. The van der Waals surface area contributed by atoms with Crippen LogP contribution < -0.4 is 5.32 Å². The molecule has 0 fully saturated rings. The third kappa shape index (κ3) is 3.16. The highest BCUT2D eigenvalue weighted by atomic mass is 16.5. The van der Waals surface area contributed by atoms with Crippen molar-refractivity contribution < 1.29 is 19.1 Å². The largest absolute Gasteiger partial charge is 0.466 e. The molecule has 25 heavy (non-hydrogen) atoms. The fraction of sp³-hybridized carbons (Fsp3) is 0.167. The number of dihydropyridines is 1. The molecule has 0 unspecified atom stereocenters. The minimum Gasteiger partial charge on any atom is -0.466 e. The summed E-state index contributed by atoms with van der Waals surface area (Å²) in [5.74, 6) is -1.62. The quantitative estimate of drug-likeness (QED) is 0.854. The molecular weight excluding hydrogens is 322 g/mol. The van der Waals surface area contributed by atoms with Gasteiger partial charge >= 0.3 is 11.9 Å². The second-order valence-electron chi connectivity index (χ2n) is 5.35. The lowest BCUT2D eigenvalue weighted by molar-refractivity contribution is -0.137. The summed E-state index contributed by atoms with van der Waals surface area (Å²) >= 11 is 0. The topological polar surface area (TPSA) is 82.5 Å². The highest BCUT2D eigenvalue weighted by molar-refractivity contribution is 5.98. The van der Waals surface area contributed by atoms with Crippen LogP contribution >= 0.6 is 0 Å². The molecular formula is C18H17N3O4. The Morgan fingerprint density at radius 2 is 1.80 bits per heavy atom. The van der Waals surface area contributed by atoms with E-state index in [1.807, 2.05) is 35.0 Å². The maximum absolute atomic E-state index is 12.2. The van der Waals surface area contributed by atoms with Crippen LogP contribution in [0.15, 0.2) is 66.5 Å². The van der Waals surface area contributed by atoms with Crippen molar-refractivity contribution in [3.05, 3.63) is 72.1 Å². The van der Waals surface area contributed by atoms with Crippen molar-refractivity contribution in [2.75, 3.05) is 14.2 Å². The van der Waals surface area contributed by atoms with Crippen molar-refractivity contribution in [1.82, 2.24) is 14.9 Å². The van der Waals surface area contributed by atoms with Crippen molar-refractivity contribution in [2.24, 2.45) is 0 Å². The van der Waals surface area contributed by atoms with Gasteiger partial charge in [-0.25, -0.2) is 14.6 Å². The molecule has 1 aliphatic heterocycles. The Kier molecular flexibility index (Phi) is 4.65. The zero-order valence-electron chi connectivity index (χ0n) is 13.8. The van der Waals surface area contributed by atoms with E-state index in [1.54, 1.807) is 12.5 Å². The van der Waals surface area contributed by atoms with Gasteiger partial charge in [0.1, 0.15) is 0 Å². The fourth-order valence-corrected chi connectivity index (χ4v) is 2.78. The fourth-order valence-electron chi connectivity index (χ4n) is 2.78. The third-order valence-corrected chi connectivity index (χ3v) is 3.95. The molecule has 1 aliphatic rings. The van der Waals surface area contributed by atoms with Gasteiger partial charge in [0.25, 0.3) is 0 Å². The second kappa shape index (κ2) is 7.04. The molecule has 2 aromatic rings. The van der Waals surface area contributed by atoms with Crippen molar-refractivity contribution in [2.45, 2.75) is 5.92 Å². The van der Waals surface area contributed by atoms with Crippen LogP contribution in [-0.4, -0.2) is 35.7 Å². The normalized spacial score (nSPS) is 14.2. The lowest BCUT2D eigenvalue weighted by atomic mass is 9.83. The molecule has 2 heterocycles. The van der Waals surface area contributed by atoms with E-state index < -0.39 is 17.9 Å². The van der Waals surface area contributed by atoms with E-state index in [0.29, 0.717) is 11.1 Å². The maximum atomic E-state index is 12.2. The Morgan fingerprint density at radius 1 is 1.12 bits per heavy atom. The van der Waals surface area contributed by atoms with Gasteiger partial charge in [0, 0.05) is 30.5 Å². The Balaban J connectivity index is 2.08. The van der Waals surface area contributed by atoms with Crippen LogP contribution in [0.4, 0.5) is 0 Å². The summed E-state index contributed by atoms with van der Waals surface area (Å²) < 4.78 is 11.6. The summed E-state index contributed by atoms with van der Waals surface area (Å²) in [5.41, 5.74) is 2.28. The van der Waals surface area contributed by atoms with Gasteiger partial charge in [-0.15, -0.1) is 0 Å². The molecule has 0 saturated heterocycles. The minimum atomic E-state index is -0.593. The van der Waals surface area contributed by atoms with Gasteiger partial charge in [0.15, 0.2) is 0 Å². The van der Waals surface area contributed by atoms with Gasteiger partial charge in [-0.1, -0.05) is 12.1 Å². The first-order chi connectivity index (χ1) is 12.2. The molecule has 128 valence electrons. The Bertz CT molecular complexity index is 821. The summed E-state index contributed by atoms with van der Waals surface area (Å²) in [6.07, 6.45) is 8.24. The van der Waals surface area contributed by atoms with E-state index in [0.717, 1.165) is 11.3 Å². The SMILES string of the molecule is COC(=O)C1=CNC=C(C(=O)OC)C1c1cccc(-n2ccnc2)c1. The lowest BCUT2D eigenvalue weighted by Crippen LogP contribution is -2.26. The minimum absolute atomic E-state index is 0.327. The van der Waals surface area contributed by atoms with Crippen LogP contribution in [0.2, 0.25) is 0 Å². The molecule has 1 N–H and O–H groups in total. The molecule has 0 radical (unpaired) electrons. The second-order valence-corrected chi connectivity index (χ2v) is 5.35. The molecule has 0 bridgehead atoms. The Morgan fingerprint density at radius 3 is 2.36 bits per heavy atom. The predicted octanol–water partition coefficient (Wildman–Crippen LogP) is 1.67. The number of esters is 2. The highest BCUT2D eigenvalue weighted by Gasteiger charge is 2.33. The number of methoxy groups -OCH3 is 2. The van der Waals surface area contributed by atoms with E-state index in [1.165, 1.54) is 26.6 Å². The van der Waals surface area contributed by atoms with Crippen LogP contribution in [-0.2, 0) is 19.1 Å². The standard InChI is InChI=1S/C18H17N3O4/c1-24-17(22)14-9-20-10-15(18(23)25-2)16(14)12-4-3-5-13(8-12)21-7-6-19-11-21/h3-11,16,20H,1-2H3. The number of hydrogen-bond acceptors (Lipinski definition) is 6. The average molecular weight is 339 g/mol. The van der Waals surface area contributed by atoms with E-state index in [-0.39, 0.29) is 0 Å². The summed E-state index contributed by atoms with van der Waals surface area (Å²) in [6.45, 7) is 0. The van der Waals surface area contributed by atoms with Gasteiger partial charge in [-0.3, -0.25) is 0 Å². The number of rotatable bonds is 4. The molecule has 0 saturated carbocycles. The van der Waals surface area contributed by atoms with Crippen LogP contribution in [0.3, 0.4) is 0 Å². The van der Waals surface area contributed by atoms with Gasteiger partial charge < -0.3 is 19.4 Å². The number of aromatic nitrogens is 2. The average Bonchev–Trinajstić information content (AvgIpc) is 3.21. The van der Waals surface area contributed by atoms with E-state index in [2.05, 4.69) is 10.3 Å². The molecule has 1 aromatic carbocycles. The first-order valence-corrected chi connectivity index (χ1v) is 7.56. The number of hydrogen-bond donors (Lipinski definition) is 1. The Hall–Kier alpha value is -3.35. The van der Waals surface area contributed by atoms with Gasteiger partial charge in [-0.05, 0) is 17.7 Å². The highest BCUT2D eigenvalue weighted by Crippen LogP contribution is 2.35. The molecule has 1 aromatic heterocycles. The zero-order valence-corrected chi connectivity index (χ0v) is 13.8. The molecule has 7 heteroatoms. The first kappa shape index (κ1) is 16.5. The van der Waals surface area contributed by atoms with E-state index in [9.17, 15) is 9.59 Å². The number of nitrogens with zero attached hydrogens (tertiary/aromatic N) is 2. The van der Waals surface area contributed by atoms with Crippen molar-refractivity contribution in [3.8, 4) is 5.69 Å². The molecule has 7 nitrogen and oxygen atoms in total. The number of carbonyl (C=O) groups is 2. The van der Waals surface area contributed by atoms with E-state index in [4.69, 9.17) is 9.47 Å². The summed E-state index contributed by atoms with van der Waals surface area (Å²) in [5, 5.41) is 2.82. The maximum Gasteiger partial charge on any atom is 0.336 e. The van der Waals surface area contributed by atoms with Crippen LogP contribution in [0.1, 0.15) is 11.5 Å². The van der Waals surface area contributed by atoms with Gasteiger partial charge in [0.05, 0.1) is 37.6 Å². The van der Waals surface area contributed by atoms with Crippen molar-refractivity contribution >= 4 is 11.9 Å². The summed E-state index contributed by atoms with van der Waals surface area (Å²) in [7, 11) is 2.61. The molecule has 3 rings (SSSR count). The zero-order chi connectivity index (χ0) is 17.8. The molecule has 0 spiro atoms. The number of benzene rings is 1. The smallest absolute Gasteiger partial charge is 0.336 e. The predicted molar refractivity (Wildman–Crippen MR) is 89.6 cm³/mol. The molecule has 0 aliphatic carbocycles. The number of imidazole rings is 1. The van der Waals surface area contributed by atoms with Crippen molar-refractivity contribution in [3.63, 3.8) is 0 Å². The van der Waals surface area contributed by atoms with Gasteiger partial charge in [0.2, 0.25) is 0 Å². The van der Waals surface area contributed by atoms with Crippen LogP contribution in [0.5, 0.6) is 0 Å². The van der Waals surface area contributed by atoms with Gasteiger partial charge in [-0.2, -0.15) is 0 Å². The third-order valence-electron chi connectivity index (χ3n) is 3.95. The first-order valence-electron chi connectivity index (χ1n) is 7.56. The Labute approximate surface area is 144 Å². The summed E-state index contributed by atoms with van der Waals surface area (Å²) in [4.78, 5) is 28.4. The van der Waals surface area contributed by atoms with Crippen LogP contribution in [0.25, 0.3) is 5.69 Å². The molecule has 0 atom stereocenters. The summed E-state index contributed by atoms with van der Waals surface area (Å²) in [6, 6.07) is 7.51. The van der Waals surface area contributed by atoms with E-state index >= 15 is 0 Å². The number of nitrogens with one attached hydrogen (secondary N) is 1. The van der Waals surface area contributed by atoms with Crippen molar-refractivity contribution in [1.29, 1.82) is 0 Å². The monoisotopic (exact) mass is 339 g/mol.